The van der Waals surface area contributed by atoms with Crippen molar-refractivity contribution in [2.24, 2.45) is 5.92 Å². The molecule has 0 bridgehead atoms. The molecule has 0 spiro atoms. The maximum atomic E-state index is 13.1. The molecule has 0 aliphatic heterocycles. The van der Waals surface area contributed by atoms with E-state index in [9.17, 15) is 4.79 Å². The van der Waals surface area contributed by atoms with Gasteiger partial charge in [0.2, 0.25) is 5.91 Å². The van der Waals surface area contributed by atoms with Crippen molar-refractivity contribution in [3.05, 3.63) is 63.8 Å². The SMILES string of the molecule is CN(Cc1cccs1)C(=O)[C@H]1CC=CC[C@@H]1c1nc2ccccc2s1. The first-order valence-corrected chi connectivity index (χ1v) is 10.2. The minimum atomic E-state index is -0.0180. The van der Waals surface area contributed by atoms with Crippen LogP contribution in [-0.4, -0.2) is 22.8 Å². The maximum Gasteiger partial charge on any atom is 0.226 e. The van der Waals surface area contributed by atoms with Crippen molar-refractivity contribution in [3.8, 4) is 0 Å². The second kappa shape index (κ2) is 7.10. The number of aromatic nitrogens is 1. The molecule has 1 aliphatic rings. The number of amides is 1. The van der Waals surface area contributed by atoms with Crippen LogP contribution in [0.3, 0.4) is 0 Å². The Hall–Kier alpha value is -1.98. The number of carbonyl (C=O) groups is 1. The fraction of sp³-hybridized carbons (Fsp3) is 0.300. The van der Waals surface area contributed by atoms with E-state index in [0.29, 0.717) is 6.54 Å². The summed E-state index contributed by atoms with van der Waals surface area (Å²) >= 11 is 3.43. The van der Waals surface area contributed by atoms with Crippen molar-refractivity contribution in [2.75, 3.05) is 7.05 Å². The number of hydrogen-bond donors (Lipinski definition) is 0. The van der Waals surface area contributed by atoms with Crippen LogP contribution in [-0.2, 0) is 11.3 Å². The highest BCUT2D eigenvalue weighted by Gasteiger charge is 2.34. The summed E-state index contributed by atoms with van der Waals surface area (Å²) in [5.41, 5.74) is 1.04. The van der Waals surface area contributed by atoms with E-state index < -0.39 is 0 Å². The van der Waals surface area contributed by atoms with Crippen LogP contribution in [0.25, 0.3) is 10.2 Å². The molecule has 1 aliphatic carbocycles. The zero-order valence-electron chi connectivity index (χ0n) is 14.1. The van der Waals surface area contributed by atoms with E-state index in [-0.39, 0.29) is 17.7 Å². The second-order valence-electron chi connectivity index (χ2n) is 6.45. The predicted octanol–water partition coefficient (Wildman–Crippen LogP) is 5.07. The number of thiazole rings is 1. The first kappa shape index (κ1) is 16.5. The maximum absolute atomic E-state index is 13.1. The number of nitrogens with zero attached hydrogens (tertiary/aromatic N) is 2. The zero-order chi connectivity index (χ0) is 17.2. The summed E-state index contributed by atoms with van der Waals surface area (Å²) in [6.07, 6.45) is 6.03. The van der Waals surface area contributed by atoms with Crippen LogP contribution in [0.4, 0.5) is 0 Å². The monoisotopic (exact) mass is 368 g/mol. The topological polar surface area (TPSA) is 33.2 Å². The third kappa shape index (κ3) is 3.39. The van der Waals surface area contributed by atoms with E-state index in [1.807, 2.05) is 36.2 Å². The molecule has 2 heterocycles. The van der Waals surface area contributed by atoms with Crippen molar-refractivity contribution < 1.29 is 4.79 Å². The number of allylic oxidation sites excluding steroid dienone is 2. The Labute approximate surface area is 155 Å². The van der Waals surface area contributed by atoms with Gasteiger partial charge in [-0.2, -0.15) is 0 Å². The molecule has 1 aromatic carbocycles. The van der Waals surface area contributed by atoms with Crippen molar-refractivity contribution in [1.82, 2.24) is 9.88 Å². The third-order valence-corrected chi connectivity index (χ3v) is 6.76. The zero-order valence-corrected chi connectivity index (χ0v) is 15.7. The van der Waals surface area contributed by atoms with Gasteiger partial charge in [0, 0.05) is 17.8 Å². The van der Waals surface area contributed by atoms with Crippen LogP contribution in [0.1, 0.15) is 28.6 Å². The van der Waals surface area contributed by atoms with Crippen LogP contribution in [0.2, 0.25) is 0 Å². The van der Waals surface area contributed by atoms with Gasteiger partial charge in [-0.15, -0.1) is 22.7 Å². The molecule has 128 valence electrons. The van der Waals surface area contributed by atoms with Gasteiger partial charge < -0.3 is 4.90 Å². The summed E-state index contributed by atoms with van der Waals surface area (Å²) < 4.78 is 1.20. The highest BCUT2D eigenvalue weighted by atomic mass is 32.1. The third-order valence-electron chi connectivity index (χ3n) is 4.73. The van der Waals surface area contributed by atoms with E-state index in [1.54, 1.807) is 22.7 Å². The molecule has 0 saturated heterocycles. The van der Waals surface area contributed by atoms with Gasteiger partial charge in [0.25, 0.3) is 0 Å². The van der Waals surface area contributed by atoms with Gasteiger partial charge in [0.1, 0.15) is 0 Å². The lowest BCUT2D eigenvalue weighted by Gasteiger charge is -2.29. The average Bonchev–Trinajstić information content (AvgIpc) is 3.30. The van der Waals surface area contributed by atoms with Gasteiger partial charge >= 0.3 is 0 Å². The molecule has 0 fully saturated rings. The molecule has 0 unspecified atom stereocenters. The Balaban J connectivity index is 1.58. The molecule has 3 aromatic rings. The fourth-order valence-corrected chi connectivity index (χ4v) is 5.31. The number of carbonyl (C=O) groups excluding carboxylic acids is 1. The number of para-hydroxylation sites is 1. The van der Waals surface area contributed by atoms with E-state index in [2.05, 4.69) is 29.7 Å². The lowest BCUT2D eigenvalue weighted by molar-refractivity contribution is -0.135. The fourth-order valence-electron chi connectivity index (χ4n) is 3.41. The summed E-state index contributed by atoms with van der Waals surface area (Å²) in [6.45, 7) is 0.684. The summed E-state index contributed by atoms with van der Waals surface area (Å²) in [5.74, 6) is 0.387. The van der Waals surface area contributed by atoms with Crippen LogP contribution < -0.4 is 0 Å². The van der Waals surface area contributed by atoms with Gasteiger partial charge in [0.05, 0.1) is 27.7 Å². The first-order chi connectivity index (χ1) is 12.2. The lowest BCUT2D eigenvalue weighted by Crippen LogP contribution is -2.36. The van der Waals surface area contributed by atoms with Gasteiger partial charge in [-0.05, 0) is 36.4 Å². The predicted molar refractivity (Wildman–Crippen MR) is 105 cm³/mol. The molecule has 0 N–H and O–H groups in total. The average molecular weight is 369 g/mol. The summed E-state index contributed by atoms with van der Waals surface area (Å²) in [5, 5.41) is 3.15. The van der Waals surface area contributed by atoms with Gasteiger partial charge in [-0.25, -0.2) is 4.98 Å². The van der Waals surface area contributed by atoms with Crippen LogP contribution in [0, 0.1) is 5.92 Å². The van der Waals surface area contributed by atoms with Crippen molar-refractivity contribution in [2.45, 2.75) is 25.3 Å². The van der Waals surface area contributed by atoms with Crippen molar-refractivity contribution in [1.29, 1.82) is 0 Å². The highest BCUT2D eigenvalue weighted by Crippen LogP contribution is 2.39. The molecule has 5 heteroatoms. The molecule has 0 saturated carbocycles. The molecule has 1 amide bonds. The molecule has 4 rings (SSSR count). The Bertz CT molecular complexity index is 864. The number of hydrogen-bond acceptors (Lipinski definition) is 4. The van der Waals surface area contributed by atoms with Gasteiger partial charge in [-0.1, -0.05) is 30.4 Å². The summed E-state index contributed by atoms with van der Waals surface area (Å²) in [6, 6.07) is 12.3. The standard InChI is InChI=1S/C20H20N2OS2/c1-22(13-14-7-6-12-24-14)20(23)16-9-3-2-8-15(16)19-21-17-10-4-5-11-18(17)25-19/h2-7,10-12,15-16H,8-9,13H2,1H3/t15-,16-/m0/s1. The smallest absolute Gasteiger partial charge is 0.226 e. The quantitative estimate of drug-likeness (QED) is 0.603. The Morgan fingerprint density at radius 1 is 1.20 bits per heavy atom. The Morgan fingerprint density at radius 2 is 2.04 bits per heavy atom. The van der Waals surface area contributed by atoms with Crippen LogP contribution >= 0.6 is 22.7 Å². The molecular formula is C20H20N2OS2. The number of thiophene rings is 1. The van der Waals surface area contributed by atoms with Crippen molar-refractivity contribution in [3.63, 3.8) is 0 Å². The van der Waals surface area contributed by atoms with Gasteiger partial charge in [0.15, 0.2) is 0 Å². The van der Waals surface area contributed by atoms with Gasteiger partial charge in [-0.3, -0.25) is 4.79 Å². The molecule has 3 nitrogen and oxygen atoms in total. The van der Waals surface area contributed by atoms with Crippen LogP contribution in [0.5, 0.6) is 0 Å². The van der Waals surface area contributed by atoms with Crippen molar-refractivity contribution >= 4 is 38.8 Å². The number of rotatable bonds is 4. The Kier molecular flexibility index (Phi) is 4.68. The summed E-state index contributed by atoms with van der Waals surface area (Å²) in [4.78, 5) is 21.0. The first-order valence-electron chi connectivity index (χ1n) is 8.50. The minimum Gasteiger partial charge on any atom is -0.340 e. The molecule has 0 radical (unpaired) electrons. The minimum absolute atomic E-state index is 0.0180. The van der Waals surface area contributed by atoms with E-state index in [0.717, 1.165) is 23.4 Å². The normalized spacial score (nSPS) is 20.0. The largest absolute Gasteiger partial charge is 0.340 e. The lowest BCUT2D eigenvalue weighted by atomic mass is 9.82. The molecule has 2 aromatic heterocycles. The van der Waals surface area contributed by atoms with Crippen LogP contribution in [0.15, 0.2) is 53.9 Å². The number of fused-ring (bicyclic) bond motifs is 1. The molecular weight excluding hydrogens is 348 g/mol. The van der Waals surface area contributed by atoms with E-state index in [4.69, 9.17) is 4.98 Å². The van der Waals surface area contributed by atoms with E-state index in [1.165, 1.54) is 9.58 Å². The second-order valence-corrected chi connectivity index (χ2v) is 8.54. The highest BCUT2D eigenvalue weighted by molar-refractivity contribution is 7.18. The Morgan fingerprint density at radius 3 is 2.84 bits per heavy atom. The molecule has 2 atom stereocenters. The summed E-state index contributed by atoms with van der Waals surface area (Å²) in [7, 11) is 1.91. The van der Waals surface area contributed by atoms with E-state index >= 15 is 0 Å². The number of benzene rings is 1. The molecule has 25 heavy (non-hydrogen) atoms.